The lowest BCUT2D eigenvalue weighted by molar-refractivity contribution is 0.101. The number of ether oxygens (including phenoxy) is 3. The summed E-state index contributed by atoms with van der Waals surface area (Å²) < 4.78 is 16.1. The van der Waals surface area contributed by atoms with E-state index in [0.717, 1.165) is 5.69 Å². The summed E-state index contributed by atoms with van der Waals surface area (Å²) in [4.78, 5) is 20.1. The van der Waals surface area contributed by atoms with Gasteiger partial charge in [-0.25, -0.2) is 4.98 Å². The number of hydrogen-bond acceptors (Lipinski definition) is 8. The quantitative estimate of drug-likeness (QED) is 0.549. The molecule has 150 valence electrons. The zero-order valence-corrected chi connectivity index (χ0v) is 16.6. The van der Waals surface area contributed by atoms with Crippen LogP contribution in [0.3, 0.4) is 0 Å². The average Bonchev–Trinajstić information content (AvgIpc) is 2.73. The van der Waals surface area contributed by atoms with E-state index in [1.54, 1.807) is 57.9 Å². The SMILES string of the molecule is COc1cc(Nc2nccc(Nc3ccc(C(C)=O)cc3)n2)cc(OC)c1OC. The first-order valence-electron chi connectivity index (χ1n) is 8.82. The number of Topliss-reactive ketones (excluding diaryl/α,β-unsaturated/α-hetero) is 1. The van der Waals surface area contributed by atoms with E-state index in [-0.39, 0.29) is 5.78 Å². The van der Waals surface area contributed by atoms with Crippen molar-refractivity contribution in [2.45, 2.75) is 6.92 Å². The van der Waals surface area contributed by atoms with Crippen molar-refractivity contribution in [3.8, 4) is 17.2 Å². The van der Waals surface area contributed by atoms with Gasteiger partial charge in [-0.2, -0.15) is 4.98 Å². The lowest BCUT2D eigenvalue weighted by Gasteiger charge is -2.15. The monoisotopic (exact) mass is 394 g/mol. The van der Waals surface area contributed by atoms with Crippen LogP contribution in [-0.4, -0.2) is 37.1 Å². The molecule has 0 bridgehead atoms. The number of carbonyl (C=O) groups is 1. The second kappa shape index (κ2) is 8.92. The van der Waals surface area contributed by atoms with Crippen LogP contribution in [0.5, 0.6) is 17.2 Å². The van der Waals surface area contributed by atoms with E-state index in [1.165, 1.54) is 6.92 Å². The molecule has 0 amide bonds. The van der Waals surface area contributed by atoms with E-state index in [4.69, 9.17) is 14.2 Å². The zero-order chi connectivity index (χ0) is 20.8. The molecule has 3 rings (SSSR count). The fraction of sp³-hybridized carbons (Fsp3) is 0.190. The van der Waals surface area contributed by atoms with Crippen LogP contribution in [-0.2, 0) is 0 Å². The third kappa shape index (κ3) is 4.73. The first kappa shape index (κ1) is 19.9. The van der Waals surface area contributed by atoms with Crippen LogP contribution in [0.1, 0.15) is 17.3 Å². The molecule has 0 unspecified atom stereocenters. The topological polar surface area (TPSA) is 94.6 Å². The third-order valence-corrected chi connectivity index (χ3v) is 4.14. The number of nitrogens with one attached hydrogen (secondary N) is 2. The van der Waals surface area contributed by atoms with Crippen molar-refractivity contribution in [3.05, 3.63) is 54.2 Å². The Morgan fingerprint density at radius 3 is 2.07 bits per heavy atom. The van der Waals surface area contributed by atoms with Gasteiger partial charge in [0.2, 0.25) is 11.7 Å². The standard InChI is InChI=1S/C21H22N4O4/c1-13(26)14-5-7-15(8-6-14)23-19-9-10-22-21(25-19)24-16-11-17(27-2)20(29-4)18(12-16)28-3/h5-12H,1-4H3,(H2,22,23,24,25). The molecule has 2 N–H and O–H groups in total. The highest BCUT2D eigenvalue weighted by Crippen LogP contribution is 2.40. The smallest absolute Gasteiger partial charge is 0.229 e. The van der Waals surface area contributed by atoms with Crippen LogP contribution in [0.25, 0.3) is 0 Å². The molecule has 0 spiro atoms. The molecule has 0 radical (unpaired) electrons. The van der Waals surface area contributed by atoms with Crippen molar-refractivity contribution >= 4 is 28.9 Å². The predicted molar refractivity (Wildman–Crippen MR) is 111 cm³/mol. The molecule has 2 aromatic carbocycles. The fourth-order valence-corrected chi connectivity index (χ4v) is 2.71. The molecule has 0 saturated heterocycles. The lowest BCUT2D eigenvalue weighted by Crippen LogP contribution is -2.02. The average molecular weight is 394 g/mol. The van der Waals surface area contributed by atoms with Gasteiger partial charge < -0.3 is 24.8 Å². The number of nitrogens with zero attached hydrogens (tertiary/aromatic N) is 2. The second-order valence-electron chi connectivity index (χ2n) is 6.06. The Hall–Kier alpha value is -3.81. The van der Waals surface area contributed by atoms with Crippen molar-refractivity contribution in [3.63, 3.8) is 0 Å². The van der Waals surface area contributed by atoms with Crippen molar-refractivity contribution in [1.82, 2.24) is 9.97 Å². The van der Waals surface area contributed by atoms with E-state index in [0.29, 0.717) is 40.3 Å². The first-order chi connectivity index (χ1) is 14.0. The Morgan fingerprint density at radius 2 is 1.52 bits per heavy atom. The van der Waals surface area contributed by atoms with E-state index >= 15 is 0 Å². The third-order valence-electron chi connectivity index (χ3n) is 4.14. The van der Waals surface area contributed by atoms with Gasteiger partial charge in [-0.05, 0) is 37.3 Å². The normalized spacial score (nSPS) is 10.2. The van der Waals surface area contributed by atoms with Crippen molar-refractivity contribution < 1.29 is 19.0 Å². The van der Waals surface area contributed by atoms with Gasteiger partial charge in [0.1, 0.15) is 5.82 Å². The molecule has 0 aliphatic carbocycles. The molecule has 0 aliphatic rings. The van der Waals surface area contributed by atoms with Crippen molar-refractivity contribution in [1.29, 1.82) is 0 Å². The summed E-state index contributed by atoms with van der Waals surface area (Å²) in [5.74, 6) is 2.57. The predicted octanol–water partition coefficient (Wildman–Crippen LogP) is 4.19. The Labute approximate surface area is 168 Å². The van der Waals surface area contributed by atoms with Gasteiger partial charge in [0.15, 0.2) is 17.3 Å². The highest BCUT2D eigenvalue weighted by Gasteiger charge is 2.14. The van der Waals surface area contributed by atoms with E-state index in [9.17, 15) is 4.79 Å². The molecule has 1 heterocycles. The van der Waals surface area contributed by atoms with Crippen molar-refractivity contribution in [2.75, 3.05) is 32.0 Å². The number of carbonyl (C=O) groups excluding carboxylic acids is 1. The zero-order valence-electron chi connectivity index (χ0n) is 16.6. The molecule has 0 fully saturated rings. The van der Waals surface area contributed by atoms with Gasteiger partial charge >= 0.3 is 0 Å². The molecule has 0 saturated carbocycles. The largest absolute Gasteiger partial charge is 0.493 e. The number of methoxy groups -OCH3 is 3. The molecule has 8 nitrogen and oxygen atoms in total. The minimum absolute atomic E-state index is 0.0235. The second-order valence-corrected chi connectivity index (χ2v) is 6.06. The van der Waals surface area contributed by atoms with E-state index < -0.39 is 0 Å². The van der Waals surface area contributed by atoms with Gasteiger partial charge in [0.25, 0.3) is 0 Å². The van der Waals surface area contributed by atoms with E-state index in [2.05, 4.69) is 20.6 Å². The maximum Gasteiger partial charge on any atom is 0.229 e. The summed E-state index contributed by atoms with van der Waals surface area (Å²) in [7, 11) is 4.66. The summed E-state index contributed by atoms with van der Waals surface area (Å²) >= 11 is 0. The summed E-state index contributed by atoms with van der Waals surface area (Å²) in [5, 5.41) is 6.32. The first-order valence-corrected chi connectivity index (χ1v) is 8.82. The van der Waals surface area contributed by atoms with Crippen LogP contribution in [0.2, 0.25) is 0 Å². The molecule has 0 atom stereocenters. The maximum absolute atomic E-state index is 11.4. The maximum atomic E-state index is 11.4. The minimum atomic E-state index is 0.0235. The number of aromatic nitrogens is 2. The van der Waals surface area contributed by atoms with Gasteiger partial charge in [-0.15, -0.1) is 0 Å². The Morgan fingerprint density at radius 1 is 0.862 bits per heavy atom. The number of ketones is 1. The molecule has 29 heavy (non-hydrogen) atoms. The summed E-state index contributed by atoms with van der Waals surface area (Å²) in [6.07, 6.45) is 1.64. The highest BCUT2D eigenvalue weighted by molar-refractivity contribution is 5.94. The van der Waals surface area contributed by atoms with E-state index in [1.807, 2.05) is 12.1 Å². The Bertz CT molecular complexity index is 981. The van der Waals surface area contributed by atoms with Crippen LogP contribution in [0.15, 0.2) is 48.7 Å². The number of rotatable bonds is 8. The van der Waals surface area contributed by atoms with Gasteiger partial charge in [-0.1, -0.05) is 0 Å². The number of benzene rings is 2. The Kier molecular flexibility index (Phi) is 6.13. The van der Waals surface area contributed by atoms with Gasteiger partial charge in [0.05, 0.1) is 21.3 Å². The molecular formula is C21H22N4O4. The van der Waals surface area contributed by atoms with Gasteiger partial charge in [-0.3, -0.25) is 4.79 Å². The number of anilines is 4. The summed E-state index contributed by atoms with van der Waals surface area (Å²) in [6, 6.07) is 12.5. The van der Waals surface area contributed by atoms with Crippen LogP contribution >= 0.6 is 0 Å². The minimum Gasteiger partial charge on any atom is -0.493 e. The molecule has 3 aromatic rings. The lowest BCUT2D eigenvalue weighted by atomic mass is 10.1. The Balaban J connectivity index is 1.80. The molecule has 0 aliphatic heterocycles. The fourth-order valence-electron chi connectivity index (χ4n) is 2.71. The number of hydrogen-bond donors (Lipinski definition) is 2. The van der Waals surface area contributed by atoms with Crippen LogP contribution in [0.4, 0.5) is 23.1 Å². The summed E-state index contributed by atoms with van der Waals surface area (Å²) in [5.41, 5.74) is 2.15. The highest BCUT2D eigenvalue weighted by atomic mass is 16.5. The molecular weight excluding hydrogens is 372 g/mol. The van der Waals surface area contributed by atoms with Crippen LogP contribution < -0.4 is 24.8 Å². The van der Waals surface area contributed by atoms with Gasteiger partial charge in [0, 0.05) is 35.3 Å². The van der Waals surface area contributed by atoms with Crippen LogP contribution in [0, 0.1) is 0 Å². The molecule has 8 heteroatoms. The molecule has 1 aromatic heterocycles. The summed E-state index contributed by atoms with van der Waals surface area (Å²) in [6.45, 7) is 1.54. The van der Waals surface area contributed by atoms with Crippen molar-refractivity contribution in [2.24, 2.45) is 0 Å².